The van der Waals surface area contributed by atoms with E-state index in [4.69, 9.17) is 0 Å². The zero-order valence-electron chi connectivity index (χ0n) is 13.1. The van der Waals surface area contributed by atoms with E-state index in [0.29, 0.717) is 18.7 Å². The number of aliphatic hydroxyl groups is 1. The molecule has 1 aromatic rings. The molecule has 2 aliphatic rings. The second-order valence-electron chi connectivity index (χ2n) is 6.34. The summed E-state index contributed by atoms with van der Waals surface area (Å²) < 4.78 is 41.7. The Labute approximate surface area is 136 Å². The van der Waals surface area contributed by atoms with Crippen LogP contribution in [0, 0.1) is 5.82 Å². The summed E-state index contributed by atoms with van der Waals surface area (Å²) >= 11 is 0. The van der Waals surface area contributed by atoms with Crippen molar-refractivity contribution in [3.05, 3.63) is 35.6 Å². The Morgan fingerprint density at radius 2 is 1.78 bits per heavy atom. The number of rotatable bonds is 6. The third-order valence-corrected chi connectivity index (χ3v) is 6.56. The Balaban J connectivity index is 1.74. The molecule has 1 aliphatic heterocycles. The quantitative estimate of drug-likeness (QED) is 0.861. The van der Waals surface area contributed by atoms with E-state index in [9.17, 15) is 17.9 Å². The van der Waals surface area contributed by atoms with Crippen molar-refractivity contribution >= 4 is 10.2 Å². The van der Waals surface area contributed by atoms with Crippen molar-refractivity contribution in [1.29, 1.82) is 0 Å². The largest absolute Gasteiger partial charge is 0.387 e. The molecule has 5 nitrogen and oxygen atoms in total. The smallest absolute Gasteiger partial charge is 0.282 e. The Morgan fingerprint density at radius 3 is 2.35 bits per heavy atom. The summed E-state index contributed by atoms with van der Waals surface area (Å²) in [5, 5.41) is 10.4. The number of hydrogen-bond acceptors (Lipinski definition) is 3. The van der Waals surface area contributed by atoms with E-state index in [2.05, 4.69) is 0 Å². The fourth-order valence-electron chi connectivity index (χ4n) is 3.00. The van der Waals surface area contributed by atoms with Gasteiger partial charge in [0.05, 0.1) is 6.10 Å². The van der Waals surface area contributed by atoms with Crippen molar-refractivity contribution in [3.63, 3.8) is 0 Å². The van der Waals surface area contributed by atoms with Gasteiger partial charge in [-0.3, -0.25) is 0 Å². The molecule has 0 bridgehead atoms. The van der Waals surface area contributed by atoms with Crippen molar-refractivity contribution in [2.45, 2.75) is 44.2 Å². The lowest BCUT2D eigenvalue weighted by Crippen LogP contribution is -2.48. The lowest BCUT2D eigenvalue weighted by molar-refractivity contribution is 0.141. The van der Waals surface area contributed by atoms with E-state index in [0.717, 1.165) is 32.1 Å². The number of halogens is 1. The minimum Gasteiger partial charge on any atom is -0.387 e. The molecule has 3 rings (SSSR count). The fourth-order valence-corrected chi connectivity index (χ4v) is 4.93. The highest BCUT2D eigenvalue weighted by molar-refractivity contribution is 7.86. The Kier molecular flexibility index (Phi) is 5.01. The van der Waals surface area contributed by atoms with Crippen molar-refractivity contribution in [3.8, 4) is 0 Å². The van der Waals surface area contributed by atoms with Gasteiger partial charge in [0.2, 0.25) is 0 Å². The van der Waals surface area contributed by atoms with Gasteiger partial charge in [-0.05, 0) is 43.4 Å². The first kappa shape index (κ1) is 16.8. The average molecular weight is 342 g/mol. The SMILES string of the molecule is O=S(=O)(N1CCCCC1)N(CC(O)c1ccc(F)cc1)C1CC1. The van der Waals surface area contributed by atoms with E-state index in [1.165, 1.54) is 32.9 Å². The van der Waals surface area contributed by atoms with Gasteiger partial charge in [0.15, 0.2) is 0 Å². The topological polar surface area (TPSA) is 60.9 Å². The number of nitrogens with zero attached hydrogens (tertiary/aromatic N) is 2. The van der Waals surface area contributed by atoms with Gasteiger partial charge in [0, 0.05) is 25.7 Å². The normalized spacial score (nSPS) is 21.5. The molecule has 1 aromatic carbocycles. The summed E-state index contributed by atoms with van der Waals surface area (Å²) in [5.41, 5.74) is 0.533. The number of benzene rings is 1. The number of piperidine rings is 1. The van der Waals surface area contributed by atoms with E-state index in [1.807, 2.05) is 0 Å². The van der Waals surface area contributed by atoms with E-state index in [1.54, 1.807) is 0 Å². The number of hydrogen-bond donors (Lipinski definition) is 1. The van der Waals surface area contributed by atoms with Gasteiger partial charge in [-0.25, -0.2) is 4.39 Å². The second kappa shape index (κ2) is 6.84. The fraction of sp³-hybridized carbons (Fsp3) is 0.625. The van der Waals surface area contributed by atoms with Crippen LogP contribution in [0.15, 0.2) is 24.3 Å². The molecule has 1 saturated carbocycles. The second-order valence-corrected chi connectivity index (χ2v) is 8.22. The standard InChI is InChI=1S/C16H23FN2O3S/c17-14-6-4-13(5-7-14)16(20)12-19(15-8-9-15)23(21,22)18-10-2-1-3-11-18/h4-7,15-16,20H,1-3,8-12H2. The molecular formula is C16H23FN2O3S. The summed E-state index contributed by atoms with van der Waals surface area (Å²) in [7, 11) is -3.54. The molecule has 0 radical (unpaired) electrons. The molecule has 1 N–H and O–H groups in total. The first-order valence-corrected chi connectivity index (χ1v) is 9.58. The third-order valence-electron chi connectivity index (χ3n) is 4.50. The van der Waals surface area contributed by atoms with Crippen LogP contribution in [0.2, 0.25) is 0 Å². The molecule has 2 fully saturated rings. The maximum Gasteiger partial charge on any atom is 0.282 e. The van der Waals surface area contributed by atoms with Gasteiger partial charge >= 0.3 is 0 Å². The van der Waals surface area contributed by atoms with Crippen LogP contribution >= 0.6 is 0 Å². The predicted molar refractivity (Wildman–Crippen MR) is 85.4 cm³/mol. The minimum absolute atomic E-state index is 0.0166. The van der Waals surface area contributed by atoms with Crippen LogP contribution in [0.5, 0.6) is 0 Å². The molecule has 1 heterocycles. The zero-order valence-corrected chi connectivity index (χ0v) is 13.9. The van der Waals surface area contributed by atoms with Crippen LogP contribution < -0.4 is 0 Å². The highest BCUT2D eigenvalue weighted by Crippen LogP contribution is 2.33. The maximum atomic E-state index is 13.0. The lowest BCUT2D eigenvalue weighted by Gasteiger charge is -2.33. The van der Waals surface area contributed by atoms with Gasteiger partial charge in [0.25, 0.3) is 10.2 Å². The van der Waals surface area contributed by atoms with E-state index in [-0.39, 0.29) is 18.4 Å². The van der Waals surface area contributed by atoms with Crippen LogP contribution in [0.25, 0.3) is 0 Å². The molecule has 0 aromatic heterocycles. The first-order valence-electron chi connectivity index (χ1n) is 8.19. The van der Waals surface area contributed by atoms with Crippen molar-refractivity contribution in [2.24, 2.45) is 0 Å². The van der Waals surface area contributed by atoms with Crippen LogP contribution in [0.4, 0.5) is 4.39 Å². The third kappa shape index (κ3) is 3.91. The van der Waals surface area contributed by atoms with Crippen LogP contribution in [0.1, 0.15) is 43.8 Å². The van der Waals surface area contributed by atoms with Crippen LogP contribution in [-0.2, 0) is 10.2 Å². The van der Waals surface area contributed by atoms with Gasteiger partial charge in [-0.15, -0.1) is 0 Å². The van der Waals surface area contributed by atoms with Gasteiger partial charge in [-0.2, -0.15) is 17.0 Å². The summed E-state index contributed by atoms with van der Waals surface area (Å²) in [4.78, 5) is 0. The molecule has 23 heavy (non-hydrogen) atoms. The predicted octanol–water partition coefficient (Wildman–Crippen LogP) is 2.05. The van der Waals surface area contributed by atoms with Gasteiger partial charge in [0.1, 0.15) is 5.82 Å². The Hall–Kier alpha value is -1.02. The maximum absolute atomic E-state index is 13.0. The first-order chi connectivity index (χ1) is 11.0. The average Bonchev–Trinajstić information content (AvgIpc) is 3.38. The zero-order chi connectivity index (χ0) is 16.4. The molecule has 128 valence electrons. The molecule has 0 amide bonds. The van der Waals surface area contributed by atoms with Crippen molar-refractivity contribution < 1.29 is 17.9 Å². The molecule has 1 atom stereocenters. The van der Waals surface area contributed by atoms with E-state index < -0.39 is 16.3 Å². The molecule has 1 unspecified atom stereocenters. The van der Waals surface area contributed by atoms with Crippen molar-refractivity contribution in [2.75, 3.05) is 19.6 Å². The monoisotopic (exact) mass is 342 g/mol. The summed E-state index contributed by atoms with van der Waals surface area (Å²) in [6.45, 7) is 1.13. The Morgan fingerprint density at radius 1 is 1.17 bits per heavy atom. The van der Waals surface area contributed by atoms with Crippen molar-refractivity contribution in [1.82, 2.24) is 8.61 Å². The van der Waals surface area contributed by atoms with Crippen LogP contribution in [-0.4, -0.2) is 47.8 Å². The molecule has 0 spiro atoms. The summed E-state index contributed by atoms with van der Waals surface area (Å²) in [6.07, 6.45) is 3.56. The summed E-state index contributed by atoms with van der Waals surface area (Å²) in [5.74, 6) is -0.374. The molecular weight excluding hydrogens is 319 g/mol. The van der Waals surface area contributed by atoms with E-state index >= 15 is 0 Å². The lowest BCUT2D eigenvalue weighted by atomic mass is 10.1. The van der Waals surface area contributed by atoms with Gasteiger partial charge in [-0.1, -0.05) is 18.6 Å². The van der Waals surface area contributed by atoms with Gasteiger partial charge < -0.3 is 5.11 Å². The highest BCUT2D eigenvalue weighted by atomic mass is 32.2. The highest BCUT2D eigenvalue weighted by Gasteiger charge is 2.41. The Bertz CT molecular complexity index is 625. The molecule has 7 heteroatoms. The number of aliphatic hydroxyl groups excluding tert-OH is 1. The molecule has 1 aliphatic carbocycles. The van der Waals surface area contributed by atoms with Crippen LogP contribution in [0.3, 0.4) is 0 Å². The summed E-state index contributed by atoms with van der Waals surface area (Å²) in [6, 6.07) is 5.53. The minimum atomic E-state index is -3.54. The molecule has 1 saturated heterocycles.